The van der Waals surface area contributed by atoms with Crippen LogP contribution >= 0.6 is 0 Å². The van der Waals surface area contributed by atoms with Crippen molar-refractivity contribution in [2.75, 3.05) is 18.4 Å². The molecule has 0 aromatic carbocycles. The quantitative estimate of drug-likeness (QED) is 0.633. The van der Waals surface area contributed by atoms with E-state index in [1.54, 1.807) is 19.3 Å². The molecular formula is C10H18N4O. The van der Waals surface area contributed by atoms with Gasteiger partial charge in [0.1, 0.15) is 0 Å². The molecule has 1 rings (SSSR count). The van der Waals surface area contributed by atoms with Crippen molar-refractivity contribution < 1.29 is 5.11 Å². The van der Waals surface area contributed by atoms with Gasteiger partial charge in [-0.2, -0.15) is 0 Å². The minimum absolute atomic E-state index is 0.327. The second-order valence-corrected chi connectivity index (χ2v) is 3.43. The van der Waals surface area contributed by atoms with Crippen LogP contribution in [0.1, 0.15) is 19.4 Å². The van der Waals surface area contributed by atoms with Gasteiger partial charge in [-0.1, -0.05) is 0 Å². The predicted molar refractivity (Wildman–Crippen MR) is 59.6 cm³/mol. The lowest BCUT2D eigenvalue weighted by molar-refractivity contribution is 0.191. The molecule has 0 aliphatic carbocycles. The second-order valence-electron chi connectivity index (χ2n) is 3.43. The molecule has 1 atom stereocenters. The number of aliphatic hydroxyl groups excluding tert-OH is 1. The van der Waals surface area contributed by atoms with Crippen molar-refractivity contribution in [1.82, 2.24) is 15.3 Å². The Morgan fingerprint density at radius 1 is 1.40 bits per heavy atom. The Morgan fingerprint density at radius 3 is 2.60 bits per heavy atom. The normalized spacial score (nSPS) is 12.5. The highest BCUT2D eigenvalue weighted by molar-refractivity contribution is 5.24. The molecule has 0 radical (unpaired) electrons. The van der Waals surface area contributed by atoms with E-state index in [4.69, 9.17) is 5.11 Å². The molecule has 5 nitrogen and oxygen atoms in total. The fraction of sp³-hybridized carbons (Fsp3) is 0.600. The summed E-state index contributed by atoms with van der Waals surface area (Å²) < 4.78 is 0. The summed E-state index contributed by atoms with van der Waals surface area (Å²) in [5.41, 5.74) is 1.01. The first-order valence-corrected chi connectivity index (χ1v) is 5.16. The lowest BCUT2D eigenvalue weighted by atomic mass is 10.3. The molecule has 0 saturated carbocycles. The van der Waals surface area contributed by atoms with Crippen molar-refractivity contribution in [2.24, 2.45) is 0 Å². The van der Waals surface area contributed by atoms with Gasteiger partial charge in [0.25, 0.3) is 0 Å². The molecule has 5 heteroatoms. The van der Waals surface area contributed by atoms with Gasteiger partial charge in [0.2, 0.25) is 5.95 Å². The predicted octanol–water partition coefficient (Wildman–Crippen LogP) is 0.379. The molecule has 0 fully saturated rings. The highest BCUT2D eigenvalue weighted by Crippen LogP contribution is 1.99. The van der Waals surface area contributed by atoms with Crippen molar-refractivity contribution in [2.45, 2.75) is 26.5 Å². The Morgan fingerprint density at radius 2 is 2.07 bits per heavy atom. The van der Waals surface area contributed by atoms with Crippen LogP contribution in [0.3, 0.4) is 0 Å². The van der Waals surface area contributed by atoms with Gasteiger partial charge in [0.05, 0.1) is 6.10 Å². The Hall–Kier alpha value is -1.20. The number of nitrogens with one attached hydrogen (secondary N) is 2. The van der Waals surface area contributed by atoms with Crippen LogP contribution in [0, 0.1) is 0 Å². The van der Waals surface area contributed by atoms with Crippen molar-refractivity contribution in [3.63, 3.8) is 0 Å². The van der Waals surface area contributed by atoms with Crippen LogP contribution in [0.25, 0.3) is 0 Å². The Balaban J connectivity index is 2.36. The monoisotopic (exact) mass is 210 g/mol. The SMILES string of the molecule is CCNc1ncc(CNC[C@H](C)O)cn1. The molecule has 0 aliphatic heterocycles. The fourth-order valence-electron chi connectivity index (χ4n) is 1.12. The Labute approximate surface area is 90.0 Å². The minimum Gasteiger partial charge on any atom is -0.392 e. The van der Waals surface area contributed by atoms with E-state index < -0.39 is 0 Å². The van der Waals surface area contributed by atoms with Gasteiger partial charge in [0, 0.05) is 37.6 Å². The molecule has 0 spiro atoms. The van der Waals surface area contributed by atoms with Gasteiger partial charge in [-0.15, -0.1) is 0 Å². The molecular weight excluding hydrogens is 192 g/mol. The van der Waals surface area contributed by atoms with E-state index in [-0.39, 0.29) is 6.10 Å². The van der Waals surface area contributed by atoms with E-state index in [0.717, 1.165) is 12.1 Å². The molecule has 1 aromatic heterocycles. The average molecular weight is 210 g/mol. The van der Waals surface area contributed by atoms with E-state index in [2.05, 4.69) is 20.6 Å². The number of nitrogens with zero attached hydrogens (tertiary/aromatic N) is 2. The summed E-state index contributed by atoms with van der Waals surface area (Å²) in [7, 11) is 0. The van der Waals surface area contributed by atoms with Gasteiger partial charge in [0.15, 0.2) is 0 Å². The molecule has 0 saturated heterocycles. The highest BCUT2D eigenvalue weighted by Gasteiger charge is 1.97. The minimum atomic E-state index is -0.327. The highest BCUT2D eigenvalue weighted by atomic mass is 16.3. The maximum atomic E-state index is 9.04. The van der Waals surface area contributed by atoms with Crippen molar-refractivity contribution in [1.29, 1.82) is 0 Å². The van der Waals surface area contributed by atoms with Gasteiger partial charge in [-0.25, -0.2) is 9.97 Å². The fourth-order valence-corrected chi connectivity index (χ4v) is 1.12. The third-order valence-electron chi connectivity index (χ3n) is 1.81. The summed E-state index contributed by atoms with van der Waals surface area (Å²) in [6.45, 7) is 5.82. The van der Waals surface area contributed by atoms with Gasteiger partial charge in [-0.3, -0.25) is 0 Å². The van der Waals surface area contributed by atoms with Crippen LogP contribution in [0.15, 0.2) is 12.4 Å². The summed E-state index contributed by atoms with van der Waals surface area (Å²) >= 11 is 0. The molecule has 3 N–H and O–H groups in total. The van der Waals surface area contributed by atoms with E-state index in [9.17, 15) is 0 Å². The van der Waals surface area contributed by atoms with Crippen molar-refractivity contribution >= 4 is 5.95 Å². The maximum absolute atomic E-state index is 9.04. The first kappa shape index (κ1) is 11.9. The number of hydrogen-bond acceptors (Lipinski definition) is 5. The van der Waals surface area contributed by atoms with Crippen LogP contribution in [-0.4, -0.2) is 34.3 Å². The molecule has 0 unspecified atom stereocenters. The number of aliphatic hydroxyl groups is 1. The average Bonchev–Trinajstić information content (AvgIpc) is 2.20. The van der Waals surface area contributed by atoms with Gasteiger partial charge < -0.3 is 15.7 Å². The van der Waals surface area contributed by atoms with Crippen LogP contribution < -0.4 is 10.6 Å². The van der Waals surface area contributed by atoms with Crippen LogP contribution in [0.5, 0.6) is 0 Å². The number of hydrogen-bond donors (Lipinski definition) is 3. The molecule has 1 heterocycles. The second kappa shape index (κ2) is 6.31. The van der Waals surface area contributed by atoms with Crippen molar-refractivity contribution in [3.8, 4) is 0 Å². The summed E-state index contributed by atoms with van der Waals surface area (Å²) in [5, 5.41) is 15.2. The van der Waals surface area contributed by atoms with E-state index >= 15 is 0 Å². The number of aromatic nitrogens is 2. The molecule has 0 amide bonds. The Kier molecular flexibility index (Phi) is 5.00. The topological polar surface area (TPSA) is 70.1 Å². The summed E-state index contributed by atoms with van der Waals surface area (Å²) in [6, 6.07) is 0. The lowest BCUT2D eigenvalue weighted by Gasteiger charge is -2.06. The van der Waals surface area contributed by atoms with E-state index in [1.807, 2.05) is 6.92 Å². The first-order chi connectivity index (χ1) is 7.22. The zero-order chi connectivity index (χ0) is 11.1. The largest absolute Gasteiger partial charge is 0.392 e. The van der Waals surface area contributed by atoms with Crippen LogP contribution in [-0.2, 0) is 6.54 Å². The summed E-state index contributed by atoms with van der Waals surface area (Å²) in [4.78, 5) is 8.28. The third kappa shape index (κ3) is 4.71. The lowest BCUT2D eigenvalue weighted by Crippen LogP contribution is -2.24. The van der Waals surface area contributed by atoms with E-state index in [1.165, 1.54) is 0 Å². The number of rotatable bonds is 6. The standard InChI is InChI=1S/C10H18N4O/c1-3-12-10-13-6-9(7-14-10)5-11-4-8(2)15/h6-8,11,15H,3-5H2,1-2H3,(H,12,13,14)/t8-/m0/s1. The zero-order valence-electron chi connectivity index (χ0n) is 9.20. The Bertz CT molecular complexity index is 273. The van der Waals surface area contributed by atoms with Crippen LogP contribution in [0.2, 0.25) is 0 Å². The third-order valence-corrected chi connectivity index (χ3v) is 1.81. The smallest absolute Gasteiger partial charge is 0.222 e. The number of anilines is 1. The molecule has 0 aliphatic rings. The molecule has 1 aromatic rings. The summed E-state index contributed by atoms with van der Waals surface area (Å²) in [5.74, 6) is 0.650. The van der Waals surface area contributed by atoms with Crippen LogP contribution in [0.4, 0.5) is 5.95 Å². The first-order valence-electron chi connectivity index (χ1n) is 5.16. The summed E-state index contributed by atoms with van der Waals surface area (Å²) in [6.07, 6.45) is 3.23. The van der Waals surface area contributed by atoms with Gasteiger partial charge in [-0.05, 0) is 13.8 Å². The van der Waals surface area contributed by atoms with E-state index in [0.29, 0.717) is 19.0 Å². The maximum Gasteiger partial charge on any atom is 0.222 e. The molecule has 0 bridgehead atoms. The zero-order valence-corrected chi connectivity index (χ0v) is 9.20. The van der Waals surface area contributed by atoms with Crippen molar-refractivity contribution in [3.05, 3.63) is 18.0 Å². The molecule has 84 valence electrons. The molecule has 15 heavy (non-hydrogen) atoms. The van der Waals surface area contributed by atoms with Gasteiger partial charge >= 0.3 is 0 Å².